The van der Waals surface area contributed by atoms with Crippen molar-refractivity contribution >= 4 is 27.2 Å². The first-order chi connectivity index (χ1) is 10.8. The lowest BCUT2D eigenvalue weighted by atomic mass is 9.69. The van der Waals surface area contributed by atoms with Gasteiger partial charge >= 0.3 is 0 Å². The molecule has 22 heavy (non-hydrogen) atoms. The van der Waals surface area contributed by atoms with Crippen LogP contribution in [-0.2, 0) is 0 Å². The van der Waals surface area contributed by atoms with Gasteiger partial charge in [0.1, 0.15) is 5.69 Å². The van der Waals surface area contributed by atoms with Gasteiger partial charge < -0.3 is 0 Å². The van der Waals surface area contributed by atoms with Gasteiger partial charge in [-0.3, -0.25) is 14.7 Å². The maximum absolute atomic E-state index is 12.8. The fourth-order valence-corrected chi connectivity index (χ4v) is 5.65. The van der Waals surface area contributed by atoms with Gasteiger partial charge in [0.25, 0.3) is 0 Å². The summed E-state index contributed by atoms with van der Waals surface area (Å²) >= 11 is 1.68. The zero-order chi connectivity index (χ0) is 14.7. The molecule has 1 spiro atoms. The molecule has 3 saturated heterocycles. The smallest absolute Gasteiger partial charge is 0.181 e. The van der Waals surface area contributed by atoms with E-state index in [1.807, 2.05) is 12.3 Å². The van der Waals surface area contributed by atoms with Crippen LogP contribution in [0.2, 0.25) is 0 Å². The molecule has 0 N–H and O–H groups in total. The van der Waals surface area contributed by atoms with Crippen molar-refractivity contribution in [3.63, 3.8) is 0 Å². The largest absolute Gasteiger partial charge is 0.297 e. The first-order valence-corrected chi connectivity index (χ1v) is 9.26. The number of hydrogen-bond acceptors (Lipinski definition) is 4. The van der Waals surface area contributed by atoms with Crippen LogP contribution < -0.4 is 0 Å². The lowest BCUT2D eigenvalue weighted by Gasteiger charge is -2.52. The van der Waals surface area contributed by atoms with Crippen LogP contribution in [0.15, 0.2) is 23.7 Å². The molecule has 2 aromatic heterocycles. The summed E-state index contributed by atoms with van der Waals surface area (Å²) < 4.78 is 1.16. The highest BCUT2D eigenvalue weighted by Gasteiger charge is 2.60. The molecule has 4 heteroatoms. The van der Waals surface area contributed by atoms with E-state index in [0.717, 1.165) is 16.0 Å². The molecule has 6 rings (SSSR count). The molecule has 114 valence electrons. The third kappa shape index (κ3) is 1.83. The lowest BCUT2D eigenvalue weighted by molar-refractivity contribution is -0.0274. The van der Waals surface area contributed by atoms with E-state index in [2.05, 4.69) is 21.3 Å². The topological polar surface area (TPSA) is 33.2 Å². The molecule has 0 aromatic carbocycles. The average molecular weight is 312 g/mol. The molecule has 3 nitrogen and oxygen atoms in total. The summed E-state index contributed by atoms with van der Waals surface area (Å²) in [5.41, 5.74) is 1.06. The normalized spacial score (nSPS) is 31.7. The Labute approximate surface area is 134 Å². The van der Waals surface area contributed by atoms with Gasteiger partial charge in [-0.2, -0.15) is 0 Å². The minimum absolute atomic E-state index is 0.248. The van der Waals surface area contributed by atoms with E-state index in [1.54, 1.807) is 11.3 Å². The number of fused-ring (bicyclic) bond motifs is 3. The van der Waals surface area contributed by atoms with Crippen LogP contribution in [0.25, 0.3) is 10.1 Å². The number of rotatable bonds is 3. The molecule has 1 aliphatic carbocycles. The van der Waals surface area contributed by atoms with Crippen molar-refractivity contribution in [2.75, 3.05) is 13.1 Å². The molecule has 2 aromatic rings. The van der Waals surface area contributed by atoms with Gasteiger partial charge in [-0.1, -0.05) is 0 Å². The molecule has 0 unspecified atom stereocenters. The van der Waals surface area contributed by atoms with Crippen molar-refractivity contribution in [3.05, 3.63) is 29.4 Å². The third-order valence-corrected chi connectivity index (χ3v) is 7.09. The molecular formula is C18H20N2OS. The number of thiophene rings is 1. The standard InChI is InChI=1S/C18H20N2OS/c21-16(15-9-13-3-8-22-17(13)11-19-15)10-14-12-1-6-20(7-2-12)18(14)4-5-18/h3,8-9,11-12,14H,1-2,4-7,10H2/t14-/m1/s1. The number of pyridine rings is 1. The maximum Gasteiger partial charge on any atom is 0.181 e. The Morgan fingerprint density at radius 2 is 2.18 bits per heavy atom. The molecule has 1 atom stereocenters. The van der Waals surface area contributed by atoms with E-state index < -0.39 is 0 Å². The second-order valence-electron chi connectivity index (χ2n) is 7.19. The van der Waals surface area contributed by atoms with E-state index in [4.69, 9.17) is 0 Å². The Bertz CT molecular complexity index is 740. The van der Waals surface area contributed by atoms with Crippen LogP contribution in [0.4, 0.5) is 0 Å². The lowest BCUT2D eigenvalue weighted by Crippen LogP contribution is -2.57. The summed E-state index contributed by atoms with van der Waals surface area (Å²) in [5.74, 6) is 1.59. The van der Waals surface area contributed by atoms with Gasteiger partial charge in [0.15, 0.2) is 5.78 Å². The highest BCUT2D eigenvalue weighted by atomic mass is 32.1. The summed E-state index contributed by atoms with van der Waals surface area (Å²) in [4.78, 5) is 19.9. The number of nitrogens with zero attached hydrogens (tertiary/aromatic N) is 2. The Balaban J connectivity index is 1.42. The minimum Gasteiger partial charge on any atom is -0.297 e. The van der Waals surface area contributed by atoms with Gasteiger partial charge in [0.05, 0.1) is 4.70 Å². The van der Waals surface area contributed by atoms with Crippen molar-refractivity contribution in [1.82, 2.24) is 9.88 Å². The van der Waals surface area contributed by atoms with Crippen LogP contribution in [0, 0.1) is 11.8 Å². The van der Waals surface area contributed by atoms with E-state index in [0.29, 0.717) is 23.6 Å². The van der Waals surface area contributed by atoms with Crippen LogP contribution in [0.5, 0.6) is 0 Å². The predicted octanol–water partition coefficient (Wildman–Crippen LogP) is 3.74. The first kappa shape index (κ1) is 13.2. The highest BCUT2D eigenvalue weighted by molar-refractivity contribution is 7.17. The summed E-state index contributed by atoms with van der Waals surface area (Å²) in [6, 6.07) is 4.06. The molecule has 0 amide bonds. The number of aromatic nitrogens is 1. The fraction of sp³-hybridized carbons (Fsp3) is 0.556. The summed E-state index contributed by atoms with van der Waals surface area (Å²) in [5, 5.41) is 3.21. The average Bonchev–Trinajstić information content (AvgIpc) is 3.18. The van der Waals surface area contributed by atoms with E-state index in [9.17, 15) is 4.79 Å². The second-order valence-corrected chi connectivity index (χ2v) is 8.14. The number of piperidine rings is 3. The first-order valence-electron chi connectivity index (χ1n) is 8.38. The zero-order valence-corrected chi connectivity index (χ0v) is 13.4. The Morgan fingerprint density at radius 1 is 1.36 bits per heavy atom. The molecule has 1 saturated carbocycles. The van der Waals surface area contributed by atoms with Gasteiger partial charge in [-0.25, -0.2) is 0 Å². The quantitative estimate of drug-likeness (QED) is 0.809. The van der Waals surface area contributed by atoms with Crippen LogP contribution in [-0.4, -0.2) is 34.3 Å². The Hall–Kier alpha value is -1.26. The van der Waals surface area contributed by atoms with Gasteiger partial charge in [-0.15, -0.1) is 11.3 Å². The van der Waals surface area contributed by atoms with Crippen molar-refractivity contribution in [3.8, 4) is 0 Å². The fourth-order valence-electron chi connectivity index (χ4n) is 4.92. The number of ketones is 1. The van der Waals surface area contributed by atoms with E-state index in [1.165, 1.54) is 38.8 Å². The molecule has 5 heterocycles. The van der Waals surface area contributed by atoms with Gasteiger partial charge in [-0.05, 0) is 73.5 Å². The maximum atomic E-state index is 12.8. The van der Waals surface area contributed by atoms with Crippen LogP contribution in [0.1, 0.15) is 42.6 Å². The predicted molar refractivity (Wildman–Crippen MR) is 88.3 cm³/mol. The van der Waals surface area contributed by atoms with Crippen LogP contribution in [0.3, 0.4) is 0 Å². The molecule has 3 aliphatic heterocycles. The molecule has 4 aliphatic rings. The summed E-state index contributed by atoms with van der Waals surface area (Å²) in [7, 11) is 0. The third-order valence-electron chi connectivity index (χ3n) is 6.22. The Morgan fingerprint density at radius 3 is 2.95 bits per heavy atom. The van der Waals surface area contributed by atoms with Gasteiger partial charge in [0, 0.05) is 18.2 Å². The number of Topliss-reactive ketones (excluding diaryl/α,β-unsaturated/α-hetero) is 1. The number of carbonyl (C=O) groups excluding carboxylic acids is 1. The molecule has 2 bridgehead atoms. The summed E-state index contributed by atoms with van der Waals surface area (Å²) in [6.45, 7) is 2.52. The van der Waals surface area contributed by atoms with Crippen molar-refractivity contribution in [1.29, 1.82) is 0 Å². The van der Waals surface area contributed by atoms with Crippen LogP contribution >= 0.6 is 11.3 Å². The highest BCUT2D eigenvalue weighted by Crippen LogP contribution is 2.58. The van der Waals surface area contributed by atoms with Crippen molar-refractivity contribution < 1.29 is 4.79 Å². The monoisotopic (exact) mass is 312 g/mol. The number of carbonyl (C=O) groups is 1. The van der Waals surface area contributed by atoms with E-state index in [-0.39, 0.29) is 5.78 Å². The minimum atomic E-state index is 0.248. The number of hydrogen-bond donors (Lipinski definition) is 0. The molecule has 4 fully saturated rings. The van der Waals surface area contributed by atoms with Crippen molar-refractivity contribution in [2.24, 2.45) is 11.8 Å². The molecular weight excluding hydrogens is 292 g/mol. The zero-order valence-electron chi connectivity index (χ0n) is 12.6. The SMILES string of the molecule is O=C(C[C@@H]1C2CCN(CC2)C12CC2)c1cc2ccsc2cn1. The Kier molecular flexibility index (Phi) is 2.77. The van der Waals surface area contributed by atoms with Crippen molar-refractivity contribution in [2.45, 2.75) is 37.6 Å². The summed E-state index contributed by atoms with van der Waals surface area (Å²) in [6.07, 6.45) is 7.74. The van der Waals surface area contributed by atoms with Gasteiger partial charge in [0.2, 0.25) is 0 Å². The second kappa shape index (κ2) is 4.62. The van der Waals surface area contributed by atoms with E-state index >= 15 is 0 Å². The molecule has 0 radical (unpaired) electrons.